The van der Waals surface area contributed by atoms with Gasteiger partial charge in [0.2, 0.25) is 0 Å². The molecule has 0 aliphatic rings. The molecule has 0 saturated carbocycles. The fourth-order valence-electron chi connectivity index (χ4n) is 0.758. The second-order valence-corrected chi connectivity index (χ2v) is 2.90. The molecule has 56 valence electrons. The van der Waals surface area contributed by atoms with Crippen molar-refractivity contribution >= 4 is 11.6 Å². The number of hydrogen-bond donors (Lipinski definition) is 0. The third-order valence-corrected chi connectivity index (χ3v) is 1.69. The van der Waals surface area contributed by atoms with E-state index in [2.05, 4.69) is 12.0 Å². The summed E-state index contributed by atoms with van der Waals surface area (Å²) in [4.78, 5) is 0. The van der Waals surface area contributed by atoms with Crippen molar-refractivity contribution in [2.45, 2.75) is 25.8 Å². The summed E-state index contributed by atoms with van der Waals surface area (Å²) in [5.41, 5.74) is 1.09. The summed E-state index contributed by atoms with van der Waals surface area (Å²) in [5, 5.41) is 4.16. The molecule has 0 amide bonds. The molecule has 0 fully saturated rings. The number of nitrogens with zero attached hydrogens (tertiary/aromatic N) is 2. The summed E-state index contributed by atoms with van der Waals surface area (Å²) in [7, 11) is 0. The third-order valence-electron chi connectivity index (χ3n) is 1.44. The zero-order valence-corrected chi connectivity index (χ0v) is 6.97. The van der Waals surface area contributed by atoms with E-state index in [9.17, 15) is 0 Å². The fraction of sp³-hybridized carbons (Fsp3) is 0.571. The Balaban J connectivity index is 2.78. The summed E-state index contributed by atoms with van der Waals surface area (Å²) >= 11 is 5.82. The van der Waals surface area contributed by atoms with Crippen LogP contribution in [0.5, 0.6) is 0 Å². The molecule has 1 unspecified atom stereocenters. The molecular weight excluding hydrogens is 148 g/mol. The van der Waals surface area contributed by atoms with Crippen LogP contribution in [0.2, 0.25) is 0 Å². The molecule has 3 heteroatoms. The van der Waals surface area contributed by atoms with Crippen LogP contribution in [0.25, 0.3) is 0 Å². The number of rotatable bonds is 2. The quantitative estimate of drug-likeness (QED) is 0.604. The van der Waals surface area contributed by atoms with E-state index in [1.165, 1.54) is 0 Å². The monoisotopic (exact) mass is 158 g/mol. The van der Waals surface area contributed by atoms with Gasteiger partial charge in [-0.2, -0.15) is 5.10 Å². The van der Waals surface area contributed by atoms with Crippen LogP contribution in [-0.2, 0) is 6.54 Å². The second kappa shape index (κ2) is 3.06. The van der Waals surface area contributed by atoms with Crippen molar-refractivity contribution in [3.05, 3.63) is 18.0 Å². The predicted octanol–water partition coefficient (Wildman–Crippen LogP) is 2.20. The second-order valence-electron chi connectivity index (χ2n) is 2.25. The zero-order chi connectivity index (χ0) is 7.56. The molecule has 0 aromatic carbocycles. The average molecular weight is 159 g/mol. The molecule has 1 atom stereocenters. The smallest absolute Gasteiger partial charge is 0.0588 e. The van der Waals surface area contributed by atoms with Gasteiger partial charge in [0.05, 0.1) is 11.6 Å². The van der Waals surface area contributed by atoms with Gasteiger partial charge in [0.15, 0.2) is 0 Å². The van der Waals surface area contributed by atoms with Gasteiger partial charge in [0, 0.05) is 18.3 Å². The fourth-order valence-corrected chi connectivity index (χ4v) is 0.871. The van der Waals surface area contributed by atoms with Gasteiger partial charge in [-0.3, -0.25) is 4.68 Å². The molecule has 0 radical (unpaired) electrons. The minimum Gasteiger partial charge on any atom is -0.273 e. The van der Waals surface area contributed by atoms with Gasteiger partial charge in [0.1, 0.15) is 0 Å². The zero-order valence-electron chi connectivity index (χ0n) is 6.21. The van der Waals surface area contributed by atoms with Crippen LogP contribution in [0.15, 0.2) is 12.4 Å². The van der Waals surface area contributed by atoms with E-state index >= 15 is 0 Å². The Morgan fingerprint density at radius 3 is 2.80 bits per heavy atom. The Labute approximate surface area is 65.8 Å². The Bertz CT molecular complexity index is 205. The summed E-state index contributed by atoms with van der Waals surface area (Å²) < 4.78 is 1.87. The van der Waals surface area contributed by atoms with Gasteiger partial charge in [-0.05, 0) is 13.8 Å². The largest absolute Gasteiger partial charge is 0.273 e. The van der Waals surface area contributed by atoms with Crippen molar-refractivity contribution in [3.63, 3.8) is 0 Å². The molecule has 1 heterocycles. The number of hydrogen-bond acceptors (Lipinski definition) is 1. The van der Waals surface area contributed by atoms with Crippen LogP contribution >= 0.6 is 11.6 Å². The molecule has 0 bridgehead atoms. The Morgan fingerprint density at radius 2 is 2.50 bits per heavy atom. The SMILES string of the molecule is CCn1cc(C(C)Cl)cn1. The lowest BCUT2D eigenvalue weighted by Crippen LogP contribution is -1.92. The Hall–Kier alpha value is -0.500. The van der Waals surface area contributed by atoms with Crippen molar-refractivity contribution in [3.8, 4) is 0 Å². The first-order valence-electron chi connectivity index (χ1n) is 3.40. The number of alkyl halides is 1. The molecule has 0 aliphatic carbocycles. The van der Waals surface area contributed by atoms with E-state index in [4.69, 9.17) is 11.6 Å². The van der Waals surface area contributed by atoms with E-state index in [1.54, 1.807) is 6.20 Å². The average Bonchev–Trinajstić information content (AvgIpc) is 2.34. The summed E-state index contributed by atoms with van der Waals surface area (Å²) in [6.45, 7) is 4.90. The predicted molar refractivity (Wildman–Crippen MR) is 42.2 cm³/mol. The van der Waals surface area contributed by atoms with Crippen LogP contribution in [0.3, 0.4) is 0 Å². The summed E-state index contributed by atoms with van der Waals surface area (Å²) in [6, 6.07) is 0. The van der Waals surface area contributed by atoms with Crippen molar-refractivity contribution in [1.82, 2.24) is 9.78 Å². The van der Waals surface area contributed by atoms with Gasteiger partial charge in [0.25, 0.3) is 0 Å². The molecule has 10 heavy (non-hydrogen) atoms. The first kappa shape index (κ1) is 7.61. The maximum atomic E-state index is 5.82. The molecular formula is C7H11ClN2. The highest BCUT2D eigenvalue weighted by Gasteiger charge is 2.02. The minimum absolute atomic E-state index is 0.0697. The number of aryl methyl sites for hydroxylation is 1. The normalized spacial score (nSPS) is 13.5. The highest BCUT2D eigenvalue weighted by molar-refractivity contribution is 6.20. The molecule has 2 nitrogen and oxygen atoms in total. The maximum absolute atomic E-state index is 5.82. The van der Waals surface area contributed by atoms with Crippen molar-refractivity contribution < 1.29 is 0 Å². The third kappa shape index (κ3) is 1.51. The standard InChI is InChI=1S/C7H11ClN2/c1-3-10-5-7(4-9-10)6(2)8/h4-6H,3H2,1-2H3. The first-order valence-corrected chi connectivity index (χ1v) is 3.84. The molecule has 1 rings (SSSR count). The van der Waals surface area contributed by atoms with Gasteiger partial charge < -0.3 is 0 Å². The van der Waals surface area contributed by atoms with E-state index in [0.29, 0.717) is 0 Å². The highest BCUT2D eigenvalue weighted by atomic mass is 35.5. The number of aromatic nitrogens is 2. The van der Waals surface area contributed by atoms with E-state index in [0.717, 1.165) is 12.1 Å². The van der Waals surface area contributed by atoms with Gasteiger partial charge in [-0.25, -0.2) is 0 Å². The van der Waals surface area contributed by atoms with E-state index in [1.807, 2.05) is 17.8 Å². The molecule has 1 aromatic heterocycles. The maximum Gasteiger partial charge on any atom is 0.0588 e. The Morgan fingerprint density at radius 1 is 1.80 bits per heavy atom. The van der Waals surface area contributed by atoms with E-state index < -0.39 is 0 Å². The lowest BCUT2D eigenvalue weighted by atomic mass is 10.3. The topological polar surface area (TPSA) is 17.8 Å². The lowest BCUT2D eigenvalue weighted by molar-refractivity contribution is 0.659. The van der Waals surface area contributed by atoms with Gasteiger partial charge >= 0.3 is 0 Å². The first-order chi connectivity index (χ1) is 4.74. The van der Waals surface area contributed by atoms with Crippen LogP contribution < -0.4 is 0 Å². The molecule has 0 saturated heterocycles. The summed E-state index contributed by atoms with van der Waals surface area (Å²) in [5.74, 6) is 0. The highest BCUT2D eigenvalue weighted by Crippen LogP contribution is 2.17. The lowest BCUT2D eigenvalue weighted by Gasteiger charge is -1.94. The Kier molecular flexibility index (Phi) is 2.33. The molecule has 1 aromatic rings. The van der Waals surface area contributed by atoms with Crippen LogP contribution in [0.1, 0.15) is 24.8 Å². The van der Waals surface area contributed by atoms with Crippen molar-refractivity contribution in [1.29, 1.82) is 0 Å². The minimum atomic E-state index is 0.0697. The van der Waals surface area contributed by atoms with Crippen molar-refractivity contribution in [2.75, 3.05) is 0 Å². The molecule has 0 aliphatic heterocycles. The van der Waals surface area contributed by atoms with Crippen molar-refractivity contribution in [2.24, 2.45) is 0 Å². The van der Waals surface area contributed by atoms with Crippen LogP contribution in [0.4, 0.5) is 0 Å². The van der Waals surface area contributed by atoms with Crippen LogP contribution in [-0.4, -0.2) is 9.78 Å². The number of halogens is 1. The molecule has 0 spiro atoms. The van der Waals surface area contributed by atoms with Gasteiger partial charge in [-0.1, -0.05) is 0 Å². The molecule has 0 N–H and O–H groups in total. The van der Waals surface area contributed by atoms with Gasteiger partial charge in [-0.15, -0.1) is 11.6 Å². The van der Waals surface area contributed by atoms with E-state index in [-0.39, 0.29) is 5.38 Å². The summed E-state index contributed by atoms with van der Waals surface area (Å²) in [6.07, 6.45) is 3.78. The van der Waals surface area contributed by atoms with Crippen LogP contribution in [0, 0.1) is 0 Å².